The minimum absolute atomic E-state index is 0.329. The van der Waals surface area contributed by atoms with Crippen molar-refractivity contribution in [2.45, 2.75) is 13.5 Å². The Hall–Kier alpha value is -3.09. The van der Waals surface area contributed by atoms with E-state index in [1.807, 2.05) is 36.4 Å². The van der Waals surface area contributed by atoms with Crippen molar-refractivity contribution in [3.8, 4) is 17.2 Å². The zero-order valence-electron chi connectivity index (χ0n) is 17.4. The van der Waals surface area contributed by atoms with Crippen LogP contribution in [0.4, 0.5) is 5.69 Å². The van der Waals surface area contributed by atoms with Crippen LogP contribution in [-0.4, -0.2) is 62.9 Å². The highest BCUT2D eigenvalue weighted by atomic mass is 16.5. The fourth-order valence-electron chi connectivity index (χ4n) is 3.46. The molecule has 2 aromatic rings. The van der Waals surface area contributed by atoms with Gasteiger partial charge in [0.2, 0.25) is 0 Å². The van der Waals surface area contributed by atoms with Gasteiger partial charge in [-0.1, -0.05) is 18.2 Å². The Morgan fingerprint density at radius 2 is 1.76 bits per heavy atom. The van der Waals surface area contributed by atoms with E-state index in [-0.39, 0.29) is 0 Å². The first kappa shape index (κ1) is 20.6. The van der Waals surface area contributed by atoms with Gasteiger partial charge in [-0.15, -0.1) is 0 Å². The summed E-state index contributed by atoms with van der Waals surface area (Å²) in [6.45, 7) is 6.78. The normalized spacial score (nSPS) is 14.7. The monoisotopic (exact) mass is 398 g/mol. The van der Waals surface area contributed by atoms with Gasteiger partial charge >= 0.3 is 0 Å². The number of piperazine rings is 1. The van der Waals surface area contributed by atoms with Crippen molar-refractivity contribution in [2.24, 2.45) is 4.99 Å². The van der Waals surface area contributed by atoms with Crippen LogP contribution in [0.2, 0.25) is 0 Å². The fourth-order valence-corrected chi connectivity index (χ4v) is 3.46. The molecule has 0 aromatic heterocycles. The number of methoxy groups -OCH3 is 2. The topological polar surface area (TPSA) is 69.6 Å². The van der Waals surface area contributed by atoms with Gasteiger partial charge in [0, 0.05) is 32.7 Å². The van der Waals surface area contributed by atoms with E-state index in [9.17, 15) is 5.11 Å². The van der Waals surface area contributed by atoms with E-state index in [2.05, 4.69) is 22.0 Å². The molecule has 2 N–H and O–H groups in total. The molecular weight excluding hydrogens is 368 g/mol. The Kier molecular flexibility index (Phi) is 7.05. The van der Waals surface area contributed by atoms with Crippen LogP contribution in [0, 0.1) is 0 Å². The van der Waals surface area contributed by atoms with Crippen LogP contribution in [0.1, 0.15) is 12.5 Å². The average molecular weight is 399 g/mol. The highest BCUT2D eigenvalue weighted by molar-refractivity contribution is 5.80. The van der Waals surface area contributed by atoms with Crippen LogP contribution < -0.4 is 19.7 Å². The molecular formula is C22H30N4O3. The molecule has 3 rings (SSSR count). The van der Waals surface area contributed by atoms with E-state index in [4.69, 9.17) is 14.5 Å². The minimum Gasteiger partial charge on any atom is -0.506 e. The number of aliphatic imine (C=N–C) groups is 1. The van der Waals surface area contributed by atoms with Crippen molar-refractivity contribution in [3.63, 3.8) is 0 Å². The molecule has 1 saturated heterocycles. The lowest BCUT2D eigenvalue weighted by Gasteiger charge is -2.37. The quantitative estimate of drug-likeness (QED) is 0.576. The second kappa shape index (κ2) is 9.91. The molecule has 1 fully saturated rings. The number of phenols is 1. The van der Waals surface area contributed by atoms with Crippen LogP contribution in [-0.2, 0) is 6.54 Å². The van der Waals surface area contributed by atoms with Crippen LogP contribution >= 0.6 is 0 Å². The number of guanidine groups is 1. The molecule has 7 heteroatoms. The van der Waals surface area contributed by atoms with Crippen LogP contribution in [0.5, 0.6) is 17.2 Å². The first-order valence-electron chi connectivity index (χ1n) is 9.93. The van der Waals surface area contributed by atoms with Crippen molar-refractivity contribution >= 4 is 11.6 Å². The van der Waals surface area contributed by atoms with Crippen molar-refractivity contribution in [3.05, 3.63) is 48.0 Å². The summed E-state index contributed by atoms with van der Waals surface area (Å²) in [4.78, 5) is 9.30. The summed E-state index contributed by atoms with van der Waals surface area (Å²) in [5, 5.41) is 13.5. The van der Waals surface area contributed by atoms with Gasteiger partial charge in [-0.2, -0.15) is 0 Å². The predicted molar refractivity (Wildman–Crippen MR) is 116 cm³/mol. The Labute approximate surface area is 172 Å². The standard InChI is InChI=1S/C22H30N4O3/c1-4-23-22(24-16-17-9-10-20(28-2)21(15-17)29-3)26-13-11-25(12-14-26)18-7-5-6-8-19(18)27/h5-10,15,27H,4,11-14,16H2,1-3H3,(H,23,24). The van der Waals surface area contributed by atoms with Gasteiger partial charge < -0.3 is 29.7 Å². The van der Waals surface area contributed by atoms with Crippen molar-refractivity contribution in [1.82, 2.24) is 10.2 Å². The smallest absolute Gasteiger partial charge is 0.194 e. The molecule has 1 aliphatic heterocycles. The third-order valence-electron chi connectivity index (χ3n) is 5.00. The maximum Gasteiger partial charge on any atom is 0.194 e. The molecule has 0 aliphatic carbocycles. The summed E-state index contributed by atoms with van der Waals surface area (Å²) in [7, 11) is 3.27. The van der Waals surface area contributed by atoms with Crippen LogP contribution in [0.25, 0.3) is 0 Å². The van der Waals surface area contributed by atoms with Gasteiger partial charge in [-0.05, 0) is 36.8 Å². The largest absolute Gasteiger partial charge is 0.506 e. The Morgan fingerprint density at radius 3 is 2.41 bits per heavy atom. The molecule has 0 spiro atoms. The predicted octanol–water partition coefficient (Wildman–Crippen LogP) is 2.70. The molecule has 2 aromatic carbocycles. The number of hydrogen-bond acceptors (Lipinski definition) is 5. The molecule has 156 valence electrons. The van der Waals surface area contributed by atoms with E-state index < -0.39 is 0 Å². The summed E-state index contributed by atoms with van der Waals surface area (Å²) in [5.41, 5.74) is 1.95. The van der Waals surface area contributed by atoms with Gasteiger partial charge in [0.15, 0.2) is 17.5 Å². The molecule has 1 heterocycles. The molecule has 0 bridgehead atoms. The van der Waals surface area contributed by atoms with E-state index >= 15 is 0 Å². The molecule has 29 heavy (non-hydrogen) atoms. The highest BCUT2D eigenvalue weighted by Gasteiger charge is 2.21. The number of ether oxygens (including phenoxy) is 2. The first-order valence-corrected chi connectivity index (χ1v) is 9.93. The van der Waals surface area contributed by atoms with Crippen molar-refractivity contribution in [1.29, 1.82) is 0 Å². The van der Waals surface area contributed by atoms with Gasteiger partial charge in [0.1, 0.15) is 5.75 Å². The summed E-state index contributed by atoms with van der Waals surface area (Å²) in [5.74, 6) is 2.66. The summed E-state index contributed by atoms with van der Waals surface area (Å²) in [6.07, 6.45) is 0. The third-order valence-corrected chi connectivity index (χ3v) is 5.00. The maximum atomic E-state index is 10.1. The van der Waals surface area contributed by atoms with Crippen molar-refractivity contribution < 1.29 is 14.6 Å². The number of nitrogens with zero attached hydrogens (tertiary/aromatic N) is 3. The Morgan fingerprint density at radius 1 is 1.03 bits per heavy atom. The average Bonchev–Trinajstić information content (AvgIpc) is 2.77. The second-order valence-electron chi connectivity index (χ2n) is 6.82. The lowest BCUT2D eigenvalue weighted by Crippen LogP contribution is -2.52. The van der Waals surface area contributed by atoms with Gasteiger partial charge in [-0.3, -0.25) is 0 Å². The van der Waals surface area contributed by atoms with Gasteiger partial charge in [0.25, 0.3) is 0 Å². The molecule has 1 aliphatic rings. The lowest BCUT2D eigenvalue weighted by molar-refractivity contribution is 0.354. The number of benzene rings is 2. The minimum atomic E-state index is 0.329. The lowest BCUT2D eigenvalue weighted by atomic mass is 10.2. The number of nitrogens with one attached hydrogen (secondary N) is 1. The van der Waals surface area contributed by atoms with E-state index in [0.29, 0.717) is 23.8 Å². The van der Waals surface area contributed by atoms with Crippen molar-refractivity contribution in [2.75, 3.05) is 51.8 Å². The number of rotatable bonds is 6. The van der Waals surface area contributed by atoms with Crippen LogP contribution in [0.15, 0.2) is 47.5 Å². The molecule has 0 saturated carbocycles. The first-order chi connectivity index (χ1) is 14.2. The zero-order chi connectivity index (χ0) is 20.6. The highest BCUT2D eigenvalue weighted by Crippen LogP contribution is 2.28. The molecule has 0 atom stereocenters. The summed E-state index contributed by atoms with van der Waals surface area (Å²) >= 11 is 0. The number of anilines is 1. The van der Waals surface area contributed by atoms with Crippen LogP contribution in [0.3, 0.4) is 0 Å². The Bertz CT molecular complexity index is 833. The van der Waals surface area contributed by atoms with E-state index in [1.54, 1.807) is 20.3 Å². The second-order valence-corrected chi connectivity index (χ2v) is 6.82. The number of phenolic OH excluding ortho intramolecular Hbond substituents is 1. The molecule has 0 radical (unpaired) electrons. The summed E-state index contributed by atoms with van der Waals surface area (Å²) in [6, 6.07) is 13.4. The van der Waals surface area contributed by atoms with Gasteiger partial charge in [-0.25, -0.2) is 4.99 Å². The van der Waals surface area contributed by atoms with Gasteiger partial charge in [0.05, 0.1) is 26.5 Å². The molecule has 7 nitrogen and oxygen atoms in total. The van der Waals surface area contributed by atoms with E-state index in [0.717, 1.165) is 49.9 Å². The summed E-state index contributed by atoms with van der Waals surface area (Å²) < 4.78 is 10.7. The Balaban J connectivity index is 1.66. The number of para-hydroxylation sites is 2. The molecule has 0 unspecified atom stereocenters. The zero-order valence-corrected chi connectivity index (χ0v) is 17.4. The number of aromatic hydroxyl groups is 1. The third kappa shape index (κ3) is 5.04. The van der Waals surface area contributed by atoms with E-state index in [1.165, 1.54) is 0 Å². The number of hydrogen-bond donors (Lipinski definition) is 2. The fraction of sp³-hybridized carbons (Fsp3) is 0.409. The maximum absolute atomic E-state index is 10.1. The molecule has 0 amide bonds. The SMILES string of the molecule is CCNC(=NCc1ccc(OC)c(OC)c1)N1CCN(c2ccccc2O)CC1.